The van der Waals surface area contributed by atoms with E-state index in [1.54, 1.807) is 0 Å². The highest BCUT2D eigenvalue weighted by Gasteiger charge is 2.47. The van der Waals surface area contributed by atoms with Gasteiger partial charge in [0.15, 0.2) is 5.82 Å². The Hall–Kier alpha value is -2.11. The Balaban J connectivity index is 1.59. The molecule has 160 valence electrons. The number of halogens is 6. The molecule has 3 aliphatic carbocycles. The van der Waals surface area contributed by atoms with Gasteiger partial charge in [-0.2, -0.15) is 15.0 Å². The van der Waals surface area contributed by atoms with E-state index in [0.717, 1.165) is 0 Å². The first kappa shape index (κ1) is 20.2. The zero-order chi connectivity index (χ0) is 21.0. The lowest BCUT2D eigenvalue weighted by molar-refractivity contribution is -0.0799. The third kappa shape index (κ3) is 4.26. The summed E-state index contributed by atoms with van der Waals surface area (Å²) < 4.78 is 80.2. The van der Waals surface area contributed by atoms with E-state index in [1.165, 1.54) is 0 Å². The van der Waals surface area contributed by atoms with E-state index in [2.05, 4.69) is 25.6 Å². The van der Waals surface area contributed by atoms with Gasteiger partial charge in [-0.05, 0) is 12.8 Å². The van der Waals surface area contributed by atoms with Gasteiger partial charge in [-0.25, -0.2) is 26.3 Å². The second-order valence-corrected chi connectivity index (χ2v) is 7.84. The number of hydrogen-bond donors (Lipinski definition) is 3. The van der Waals surface area contributed by atoms with Crippen LogP contribution in [-0.2, 0) is 0 Å². The lowest BCUT2D eigenvalue weighted by Crippen LogP contribution is -2.45. The Kier molecular flexibility index (Phi) is 4.87. The van der Waals surface area contributed by atoms with Crippen molar-refractivity contribution in [1.29, 1.82) is 0 Å². The van der Waals surface area contributed by atoms with Gasteiger partial charge in [0.2, 0.25) is 11.9 Å². The Bertz CT molecular complexity index is 774. The predicted octanol–water partition coefficient (Wildman–Crippen LogP) is 3.46. The zero-order valence-electron chi connectivity index (χ0n) is 15.1. The van der Waals surface area contributed by atoms with Crippen molar-refractivity contribution in [2.24, 2.45) is 0 Å². The van der Waals surface area contributed by atoms with Crippen LogP contribution in [-0.4, -0.2) is 56.3 Å². The highest BCUT2D eigenvalue weighted by molar-refractivity contribution is 5.65. The summed E-state index contributed by atoms with van der Waals surface area (Å²) in [6.07, 6.45) is -5.64. The van der Waals surface area contributed by atoms with E-state index >= 15 is 0 Å². The van der Waals surface area contributed by atoms with Crippen molar-refractivity contribution in [3.8, 4) is 0 Å². The van der Waals surface area contributed by atoms with Gasteiger partial charge in [0.25, 0.3) is 11.8 Å². The van der Waals surface area contributed by atoms with Gasteiger partial charge in [0.1, 0.15) is 18.1 Å². The number of nitrogens with zero attached hydrogens (tertiary/aromatic N) is 3. The summed E-state index contributed by atoms with van der Waals surface area (Å²) in [6.45, 7) is 0. The first-order valence-corrected chi connectivity index (χ1v) is 9.27. The number of hydrogen-bond acceptors (Lipinski definition) is 6. The van der Waals surface area contributed by atoms with Crippen LogP contribution in [0.25, 0.3) is 5.57 Å². The van der Waals surface area contributed by atoms with Crippen LogP contribution in [0.1, 0.15) is 44.3 Å². The molecule has 0 aliphatic heterocycles. The molecule has 3 N–H and O–H groups in total. The maximum Gasteiger partial charge on any atom is 0.252 e. The molecular formula is C17H19F6N5O. The average Bonchev–Trinajstić information content (AvgIpc) is 2.56. The zero-order valence-corrected chi connectivity index (χ0v) is 15.1. The van der Waals surface area contributed by atoms with Crippen LogP contribution in [0.15, 0.2) is 5.83 Å². The highest BCUT2D eigenvalue weighted by atomic mass is 19.3. The number of anilines is 2. The molecule has 0 spiro atoms. The number of rotatable bonds is 5. The number of aliphatic hydroxyl groups is 1. The predicted molar refractivity (Wildman–Crippen MR) is 91.2 cm³/mol. The van der Waals surface area contributed by atoms with Crippen LogP contribution < -0.4 is 10.6 Å². The number of aliphatic hydroxyl groups excluding tert-OH is 1. The van der Waals surface area contributed by atoms with Crippen LogP contribution in [0, 0.1) is 0 Å². The molecule has 29 heavy (non-hydrogen) atoms. The molecule has 2 fully saturated rings. The molecule has 12 heteroatoms. The summed E-state index contributed by atoms with van der Waals surface area (Å²) in [5.74, 6) is -7.14. The summed E-state index contributed by atoms with van der Waals surface area (Å²) in [7, 11) is 0. The number of alkyl halides is 5. The topological polar surface area (TPSA) is 83.0 Å². The lowest BCUT2D eigenvalue weighted by atomic mass is 9.88. The second-order valence-electron chi connectivity index (χ2n) is 7.84. The van der Waals surface area contributed by atoms with E-state index in [1.807, 2.05) is 0 Å². The Morgan fingerprint density at radius 3 is 1.79 bits per heavy atom. The first-order chi connectivity index (χ1) is 13.5. The molecule has 0 amide bonds. The molecule has 1 heterocycles. The van der Waals surface area contributed by atoms with Gasteiger partial charge < -0.3 is 15.7 Å². The van der Waals surface area contributed by atoms with E-state index in [-0.39, 0.29) is 36.1 Å². The molecule has 6 nitrogen and oxygen atoms in total. The molecule has 1 aromatic rings. The molecule has 0 aromatic carbocycles. The molecule has 3 aliphatic rings. The smallest absolute Gasteiger partial charge is 0.252 e. The minimum Gasteiger partial charge on any atom is -0.383 e. The van der Waals surface area contributed by atoms with Crippen LogP contribution in [0.2, 0.25) is 0 Å². The van der Waals surface area contributed by atoms with E-state index in [4.69, 9.17) is 0 Å². The van der Waals surface area contributed by atoms with Gasteiger partial charge in [-0.15, -0.1) is 0 Å². The molecule has 2 saturated carbocycles. The minimum absolute atomic E-state index is 0.0873. The average molecular weight is 423 g/mol. The van der Waals surface area contributed by atoms with Crippen molar-refractivity contribution in [3.63, 3.8) is 0 Å². The normalized spacial score (nSPS) is 29.2. The molecule has 2 atom stereocenters. The molecule has 2 unspecified atom stereocenters. The fourth-order valence-electron chi connectivity index (χ4n) is 3.65. The quantitative estimate of drug-likeness (QED) is 0.630. The van der Waals surface area contributed by atoms with Crippen molar-refractivity contribution < 1.29 is 31.4 Å². The monoisotopic (exact) mass is 423 g/mol. The highest BCUT2D eigenvalue weighted by Crippen LogP contribution is 2.40. The number of nitrogens with one attached hydrogen (secondary N) is 2. The van der Waals surface area contributed by atoms with Crippen LogP contribution >= 0.6 is 0 Å². The summed E-state index contributed by atoms with van der Waals surface area (Å²) in [5, 5.41) is 15.0. The van der Waals surface area contributed by atoms with Crippen LogP contribution in [0.5, 0.6) is 0 Å². The summed E-state index contributed by atoms with van der Waals surface area (Å²) in [5.41, 5.74) is -0.127. The van der Waals surface area contributed by atoms with Crippen molar-refractivity contribution in [3.05, 3.63) is 11.7 Å². The van der Waals surface area contributed by atoms with E-state index in [0.29, 0.717) is 0 Å². The van der Waals surface area contributed by atoms with Gasteiger partial charge in [0, 0.05) is 43.3 Å². The maximum atomic E-state index is 14.4. The molecule has 0 radical (unpaired) electrons. The Morgan fingerprint density at radius 1 is 0.862 bits per heavy atom. The van der Waals surface area contributed by atoms with E-state index in [9.17, 15) is 31.4 Å². The fourth-order valence-corrected chi connectivity index (χ4v) is 3.65. The maximum absolute atomic E-state index is 14.4. The number of aromatic nitrogens is 3. The summed E-state index contributed by atoms with van der Waals surface area (Å²) in [6, 6.07) is -1.21. The van der Waals surface area contributed by atoms with Gasteiger partial charge in [-0.1, -0.05) is 0 Å². The molecule has 0 saturated heterocycles. The van der Waals surface area contributed by atoms with Crippen molar-refractivity contribution in [2.45, 2.75) is 74.7 Å². The summed E-state index contributed by atoms with van der Waals surface area (Å²) in [4.78, 5) is 12.0. The molecular weight excluding hydrogens is 404 g/mol. The first-order valence-electron chi connectivity index (χ1n) is 9.27. The van der Waals surface area contributed by atoms with Gasteiger partial charge in [-0.3, -0.25) is 0 Å². The molecule has 0 bridgehead atoms. The fraction of sp³-hybridized carbons (Fsp3) is 0.706. The van der Waals surface area contributed by atoms with E-state index < -0.39 is 67.7 Å². The minimum atomic E-state index is -2.79. The van der Waals surface area contributed by atoms with Gasteiger partial charge in [0.05, 0.1) is 0 Å². The molecule has 1 aromatic heterocycles. The Morgan fingerprint density at radius 2 is 1.34 bits per heavy atom. The standard InChI is InChI=1S/C17H19F6N5O/c18-10-2-1-9(11(19)12(10)29)13-26-14(24-7-3-16(20,21)4-7)28-15(27-13)25-8-5-17(22,23)6-8/h7-8,10,12,29H,1-6H2,(H2,24,25,26,27,28). The van der Waals surface area contributed by atoms with Crippen LogP contribution in [0.3, 0.4) is 0 Å². The Labute approximate surface area is 161 Å². The van der Waals surface area contributed by atoms with Gasteiger partial charge >= 0.3 is 0 Å². The number of allylic oxidation sites excluding steroid dienone is 1. The third-order valence-electron chi connectivity index (χ3n) is 5.31. The SMILES string of the molecule is OC1C(F)=C(c2nc(NC3CC(F)(F)C3)nc(NC3CC(F)(F)C3)n2)CCC1F. The lowest BCUT2D eigenvalue weighted by Gasteiger charge is -2.36. The summed E-state index contributed by atoms with van der Waals surface area (Å²) >= 11 is 0. The van der Waals surface area contributed by atoms with Crippen LogP contribution in [0.4, 0.5) is 38.2 Å². The molecule has 4 rings (SSSR count). The van der Waals surface area contributed by atoms with Crippen molar-refractivity contribution in [1.82, 2.24) is 15.0 Å². The second kappa shape index (κ2) is 6.99. The van der Waals surface area contributed by atoms with Crippen molar-refractivity contribution >= 4 is 17.5 Å². The van der Waals surface area contributed by atoms with Crippen molar-refractivity contribution in [2.75, 3.05) is 10.6 Å². The largest absolute Gasteiger partial charge is 0.383 e. The third-order valence-corrected chi connectivity index (χ3v) is 5.31.